The van der Waals surface area contributed by atoms with E-state index in [0.717, 1.165) is 50.9 Å². The topological polar surface area (TPSA) is 57.7 Å². The molecule has 1 amide bonds. The Hall–Kier alpha value is -1.40. The quantitative estimate of drug-likeness (QED) is 0.824. The van der Waals surface area contributed by atoms with Crippen molar-refractivity contribution in [2.24, 2.45) is 0 Å². The van der Waals surface area contributed by atoms with Crippen molar-refractivity contribution in [1.29, 1.82) is 0 Å². The molecule has 2 aliphatic rings. The van der Waals surface area contributed by atoms with Crippen LogP contribution >= 0.6 is 0 Å². The van der Waals surface area contributed by atoms with Crippen molar-refractivity contribution in [1.82, 2.24) is 9.80 Å². The molecule has 1 aliphatic carbocycles. The summed E-state index contributed by atoms with van der Waals surface area (Å²) in [6.45, 7) is 4.84. The molecule has 1 saturated heterocycles. The van der Waals surface area contributed by atoms with E-state index in [4.69, 9.17) is 0 Å². The number of carbonyl (C=O) groups is 1. The number of hydrogen-bond acceptors (Lipinski definition) is 4. The molecule has 6 heteroatoms. The van der Waals surface area contributed by atoms with E-state index in [1.54, 1.807) is 12.1 Å². The average molecular weight is 365 g/mol. The molecule has 1 saturated carbocycles. The highest BCUT2D eigenvalue weighted by Crippen LogP contribution is 2.45. The molecule has 0 unspecified atom stereocenters. The van der Waals surface area contributed by atoms with Crippen molar-refractivity contribution in [3.63, 3.8) is 0 Å². The number of amides is 1. The van der Waals surface area contributed by atoms with E-state index in [1.807, 2.05) is 17.0 Å². The second-order valence-electron chi connectivity index (χ2n) is 7.70. The number of nitrogens with zero attached hydrogens (tertiary/aromatic N) is 2. The lowest BCUT2D eigenvalue weighted by atomic mass is 9.63. The SMILES string of the molecule is C[C@@H]1CN(C)CCCN1C(=O)C1(c2ccc(S(C)(=O)=O)cc2)CCC1. The molecule has 1 atom stereocenters. The second kappa shape index (κ2) is 6.72. The van der Waals surface area contributed by atoms with Gasteiger partial charge in [-0.15, -0.1) is 0 Å². The number of rotatable bonds is 3. The molecule has 138 valence electrons. The fourth-order valence-electron chi connectivity index (χ4n) is 4.13. The second-order valence-corrected chi connectivity index (χ2v) is 9.71. The van der Waals surface area contributed by atoms with Gasteiger partial charge >= 0.3 is 0 Å². The Morgan fingerprint density at radius 2 is 1.76 bits per heavy atom. The van der Waals surface area contributed by atoms with E-state index in [0.29, 0.717) is 4.90 Å². The lowest BCUT2D eigenvalue weighted by Crippen LogP contribution is -2.54. The highest BCUT2D eigenvalue weighted by Gasteiger charge is 2.48. The maximum absolute atomic E-state index is 13.4. The molecule has 1 aromatic rings. The number of carbonyl (C=O) groups excluding carboxylic acids is 1. The maximum atomic E-state index is 13.4. The first-order chi connectivity index (χ1) is 11.7. The summed E-state index contributed by atoms with van der Waals surface area (Å²) >= 11 is 0. The lowest BCUT2D eigenvalue weighted by Gasteiger charge is -2.45. The van der Waals surface area contributed by atoms with Crippen molar-refractivity contribution in [3.8, 4) is 0 Å². The van der Waals surface area contributed by atoms with Crippen LogP contribution in [0.1, 0.15) is 38.2 Å². The Morgan fingerprint density at radius 1 is 1.12 bits per heavy atom. The van der Waals surface area contributed by atoms with E-state index < -0.39 is 15.3 Å². The number of hydrogen-bond donors (Lipinski definition) is 0. The summed E-state index contributed by atoms with van der Waals surface area (Å²) < 4.78 is 23.4. The molecule has 0 N–H and O–H groups in total. The minimum absolute atomic E-state index is 0.202. The van der Waals surface area contributed by atoms with Gasteiger partial charge in [-0.3, -0.25) is 4.79 Å². The Labute approximate surface area is 150 Å². The summed E-state index contributed by atoms with van der Waals surface area (Å²) in [7, 11) is -1.11. The molecule has 25 heavy (non-hydrogen) atoms. The molecule has 1 aliphatic heterocycles. The fraction of sp³-hybridized carbons (Fsp3) is 0.632. The first-order valence-corrected chi connectivity index (χ1v) is 10.9. The largest absolute Gasteiger partial charge is 0.338 e. The van der Waals surface area contributed by atoms with Crippen molar-refractivity contribution in [2.75, 3.05) is 32.9 Å². The third-order valence-corrected chi connectivity index (χ3v) is 6.89. The zero-order valence-corrected chi connectivity index (χ0v) is 16.2. The van der Waals surface area contributed by atoms with Gasteiger partial charge in [0.2, 0.25) is 5.91 Å². The predicted octanol–water partition coefficient (Wildman–Crippen LogP) is 2.06. The van der Waals surface area contributed by atoms with Crippen molar-refractivity contribution in [3.05, 3.63) is 29.8 Å². The Kier molecular flexibility index (Phi) is 4.95. The number of likely N-dealkylation sites (N-methyl/N-ethyl adjacent to an activating group) is 1. The van der Waals surface area contributed by atoms with E-state index >= 15 is 0 Å². The third-order valence-electron chi connectivity index (χ3n) is 5.76. The van der Waals surface area contributed by atoms with Crippen LogP contribution in [0.25, 0.3) is 0 Å². The van der Waals surface area contributed by atoms with E-state index in [2.05, 4.69) is 18.9 Å². The van der Waals surface area contributed by atoms with Crippen LogP contribution in [0.2, 0.25) is 0 Å². The number of benzene rings is 1. The summed E-state index contributed by atoms with van der Waals surface area (Å²) in [4.78, 5) is 18.1. The third kappa shape index (κ3) is 3.47. The van der Waals surface area contributed by atoms with Crippen molar-refractivity contribution < 1.29 is 13.2 Å². The summed E-state index contributed by atoms with van der Waals surface area (Å²) in [6, 6.07) is 7.15. The van der Waals surface area contributed by atoms with Crippen LogP contribution in [0.15, 0.2) is 29.2 Å². The van der Waals surface area contributed by atoms with Gasteiger partial charge in [0, 0.05) is 25.4 Å². The first-order valence-electron chi connectivity index (χ1n) is 9.04. The van der Waals surface area contributed by atoms with Crippen molar-refractivity contribution in [2.45, 2.75) is 49.0 Å². The van der Waals surface area contributed by atoms with Crippen LogP contribution in [0.4, 0.5) is 0 Å². The Morgan fingerprint density at radius 3 is 2.28 bits per heavy atom. The molecule has 0 spiro atoms. The molecule has 1 heterocycles. The van der Waals surface area contributed by atoms with Crippen LogP contribution in [-0.2, 0) is 20.0 Å². The van der Waals surface area contributed by atoms with Gasteiger partial charge in [0.25, 0.3) is 0 Å². The van der Waals surface area contributed by atoms with Crippen molar-refractivity contribution >= 4 is 15.7 Å². The van der Waals surface area contributed by atoms with Gasteiger partial charge in [-0.1, -0.05) is 18.6 Å². The predicted molar refractivity (Wildman–Crippen MR) is 98.4 cm³/mol. The molecule has 3 rings (SSSR count). The van der Waals surface area contributed by atoms with Crippen LogP contribution in [-0.4, -0.2) is 63.1 Å². The van der Waals surface area contributed by atoms with Gasteiger partial charge in [-0.05, 0) is 57.5 Å². The maximum Gasteiger partial charge on any atom is 0.233 e. The molecule has 0 radical (unpaired) electrons. The standard InChI is InChI=1S/C19H28N2O3S/c1-15-14-20(2)12-5-13-21(15)18(22)19(10-4-11-19)16-6-8-17(9-7-16)25(3,23)24/h6-9,15H,4-5,10-14H2,1-3H3/t15-/m1/s1. The van der Waals surface area contributed by atoms with Crippen LogP contribution in [0, 0.1) is 0 Å². The summed E-state index contributed by atoms with van der Waals surface area (Å²) in [5, 5.41) is 0. The van der Waals surface area contributed by atoms with Gasteiger partial charge in [-0.25, -0.2) is 8.42 Å². The molecule has 0 aromatic heterocycles. The highest BCUT2D eigenvalue weighted by molar-refractivity contribution is 7.90. The first kappa shape index (κ1) is 18.4. The molecule has 5 nitrogen and oxygen atoms in total. The van der Waals surface area contributed by atoms with Gasteiger partial charge in [-0.2, -0.15) is 0 Å². The van der Waals surface area contributed by atoms with Crippen LogP contribution < -0.4 is 0 Å². The average Bonchev–Trinajstić information content (AvgIpc) is 2.66. The smallest absolute Gasteiger partial charge is 0.233 e. The molecular formula is C19H28N2O3S. The van der Waals surface area contributed by atoms with Gasteiger partial charge in [0.1, 0.15) is 0 Å². The fourth-order valence-corrected chi connectivity index (χ4v) is 4.76. The monoisotopic (exact) mass is 364 g/mol. The number of sulfone groups is 1. The highest BCUT2D eigenvalue weighted by atomic mass is 32.2. The van der Waals surface area contributed by atoms with E-state index in [-0.39, 0.29) is 11.9 Å². The zero-order valence-electron chi connectivity index (χ0n) is 15.4. The summed E-state index contributed by atoms with van der Waals surface area (Å²) in [5.41, 5.74) is 0.494. The zero-order chi connectivity index (χ0) is 18.2. The van der Waals surface area contributed by atoms with Crippen LogP contribution in [0.3, 0.4) is 0 Å². The summed E-state index contributed by atoms with van der Waals surface area (Å²) in [5.74, 6) is 0.216. The van der Waals surface area contributed by atoms with E-state index in [9.17, 15) is 13.2 Å². The molecule has 0 bridgehead atoms. The minimum Gasteiger partial charge on any atom is -0.338 e. The normalized spacial score (nSPS) is 24.4. The van der Waals surface area contributed by atoms with Gasteiger partial charge < -0.3 is 9.80 Å². The van der Waals surface area contributed by atoms with E-state index in [1.165, 1.54) is 6.26 Å². The summed E-state index contributed by atoms with van der Waals surface area (Å²) in [6.07, 6.45) is 4.95. The molecular weight excluding hydrogens is 336 g/mol. The van der Waals surface area contributed by atoms with Crippen LogP contribution in [0.5, 0.6) is 0 Å². The van der Waals surface area contributed by atoms with Gasteiger partial charge in [0.05, 0.1) is 10.3 Å². The Bertz CT molecular complexity index is 738. The van der Waals surface area contributed by atoms with Gasteiger partial charge in [0.15, 0.2) is 9.84 Å². The minimum atomic E-state index is -3.22. The molecule has 2 fully saturated rings. The molecule has 1 aromatic carbocycles. The lowest BCUT2D eigenvalue weighted by molar-refractivity contribution is -0.142. The Balaban J connectivity index is 1.88.